The van der Waals surface area contributed by atoms with Gasteiger partial charge in [-0.25, -0.2) is 19.2 Å². The number of ether oxygens (including phenoxy) is 2. The molecule has 1 N–H and O–H groups in total. The molecule has 0 unspecified atom stereocenters. The minimum atomic E-state index is -0.778. The topological polar surface area (TPSA) is 91.8 Å². The van der Waals surface area contributed by atoms with E-state index in [1.807, 2.05) is 27.7 Å². The number of carbonyl (C=O) groups is 1. The molecule has 1 aliphatic rings. The fourth-order valence-corrected chi connectivity index (χ4v) is 3.32. The average molecular weight is 473 g/mol. The molecule has 0 saturated carbocycles. The number of benzene rings is 1. The molecule has 34 heavy (non-hydrogen) atoms. The van der Waals surface area contributed by atoms with E-state index in [4.69, 9.17) is 18.8 Å². The molecule has 1 aliphatic heterocycles. The van der Waals surface area contributed by atoms with Gasteiger partial charge in [0.25, 0.3) is 0 Å². The van der Waals surface area contributed by atoms with Crippen molar-refractivity contribution in [2.45, 2.75) is 78.6 Å². The van der Waals surface area contributed by atoms with Crippen LogP contribution in [-0.4, -0.2) is 46.5 Å². The van der Waals surface area contributed by atoms with Crippen LogP contribution >= 0.6 is 0 Å². The van der Waals surface area contributed by atoms with Crippen LogP contribution in [0.4, 0.5) is 9.18 Å². The van der Waals surface area contributed by atoms with Crippen LogP contribution in [0.2, 0.25) is 0 Å². The van der Waals surface area contributed by atoms with Gasteiger partial charge in [0.05, 0.1) is 11.2 Å². The Morgan fingerprint density at radius 2 is 1.79 bits per heavy atom. The number of rotatable bonds is 6. The predicted octanol–water partition coefficient (Wildman–Crippen LogP) is 4.08. The van der Waals surface area contributed by atoms with Gasteiger partial charge < -0.3 is 24.1 Å². The normalized spacial score (nSPS) is 16.9. The van der Waals surface area contributed by atoms with Gasteiger partial charge in [0.1, 0.15) is 5.60 Å². The molecule has 0 radical (unpaired) electrons. The zero-order valence-electron chi connectivity index (χ0n) is 21.1. The van der Waals surface area contributed by atoms with Crippen molar-refractivity contribution in [3.8, 4) is 11.8 Å². The van der Waals surface area contributed by atoms with Gasteiger partial charge in [-0.05, 0) is 85.0 Å². The minimum Gasteiger partial charge on any atom is -0.444 e. The van der Waals surface area contributed by atoms with E-state index in [9.17, 15) is 4.79 Å². The van der Waals surface area contributed by atoms with Crippen LogP contribution in [0.5, 0.6) is 11.8 Å². The van der Waals surface area contributed by atoms with Crippen molar-refractivity contribution in [2.24, 2.45) is 0 Å². The van der Waals surface area contributed by atoms with Crippen LogP contribution < -0.4 is 15.5 Å². The number of alkyl carbamates (subject to hydrolysis) is 1. The fourth-order valence-electron chi connectivity index (χ4n) is 3.32. The summed E-state index contributed by atoms with van der Waals surface area (Å²) in [6, 6.07) is 4.98. The summed E-state index contributed by atoms with van der Waals surface area (Å²) in [5.41, 5.74) is -0.291. The van der Waals surface area contributed by atoms with Crippen molar-refractivity contribution < 1.29 is 28.0 Å². The Morgan fingerprint density at radius 1 is 1.15 bits per heavy atom. The Labute approximate surface area is 200 Å². The standard InChI is InChI=1S/C24H33BFN3O5/c1-15-11-13-27-20(29-15)31-18-10-9-17(25-33-23(5,6)24(7,8)34-25)16(19(18)26)12-14-28-21(30)32-22(2,3)4/h9-11,13H,12,14H2,1-8H3,(H,28,30). The van der Waals surface area contributed by atoms with Crippen LogP contribution in [0.25, 0.3) is 0 Å². The highest BCUT2D eigenvalue weighted by molar-refractivity contribution is 6.62. The molecule has 1 amide bonds. The van der Waals surface area contributed by atoms with Crippen LogP contribution in [0, 0.1) is 12.7 Å². The first-order valence-electron chi connectivity index (χ1n) is 11.3. The van der Waals surface area contributed by atoms with E-state index in [0.29, 0.717) is 16.7 Å². The van der Waals surface area contributed by atoms with E-state index in [1.54, 1.807) is 46.0 Å². The summed E-state index contributed by atoms with van der Waals surface area (Å²) >= 11 is 0. The molecule has 2 aromatic rings. The van der Waals surface area contributed by atoms with Crippen molar-refractivity contribution in [3.63, 3.8) is 0 Å². The Hall–Kier alpha value is -2.72. The first kappa shape index (κ1) is 25.9. The first-order chi connectivity index (χ1) is 15.7. The molecule has 1 fully saturated rings. The molecule has 1 saturated heterocycles. The molecule has 184 valence electrons. The van der Waals surface area contributed by atoms with Crippen LogP contribution in [0.1, 0.15) is 59.7 Å². The van der Waals surface area contributed by atoms with Crippen LogP contribution in [0.15, 0.2) is 24.4 Å². The third kappa shape index (κ3) is 6.04. The van der Waals surface area contributed by atoms with Gasteiger partial charge in [-0.2, -0.15) is 0 Å². The molecular formula is C24H33BFN3O5. The lowest BCUT2D eigenvalue weighted by atomic mass is 9.75. The second kappa shape index (κ2) is 9.50. The zero-order valence-corrected chi connectivity index (χ0v) is 21.1. The maximum atomic E-state index is 15.7. The van der Waals surface area contributed by atoms with Crippen molar-refractivity contribution in [1.82, 2.24) is 15.3 Å². The third-order valence-electron chi connectivity index (χ3n) is 5.77. The number of nitrogens with zero attached hydrogens (tertiary/aromatic N) is 2. The van der Waals surface area contributed by atoms with Gasteiger partial charge >= 0.3 is 19.2 Å². The number of amides is 1. The summed E-state index contributed by atoms with van der Waals surface area (Å²) in [5, 5.41) is 2.67. The van der Waals surface area contributed by atoms with Crippen molar-refractivity contribution in [3.05, 3.63) is 41.5 Å². The second-order valence-electron chi connectivity index (χ2n) is 10.3. The highest BCUT2D eigenvalue weighted by Gasteiger charge is 2.52. The quantitative estimate of drug-likeness (QED) is 0.632. The van der Waals surface area contributed by atoms with Gasteiger partial charge in [-0.3, -0.25) is 0 Å². The molecule has 1 aromatic heterocycles. The molecule has 3 rings (SSSR count). The monoisotopic (exact) mass is 473 g/mol. The lowest BCUT2D eigenvalue weighted by Gasteiger charge is -2.32. The second-order valence-corrected chi connectivity index (χ2v) is 10.3. The maximum absolute atomic E-state index is 15.7. The lowest BCUT2D eigenvalue weighted by Crippen LogP contribution is -2.41. The van der Waals surface area contributed by atoms with Crippen molar-refractivity contribution in [2.75, 3.05) is 6.54 Å². The van der Waals surface area contributed by atoms with E-state index >= 15 is 4.39 Å². The predicted molar refractivity (Wildman–Crippen MR) is 127 cm³/mol. The van der Waals surface area contributed by atoms with E-state index in [0.717, 1.165) is 0 Å². The summed E-state index contributed by atoms with van der Waals surface area (Å²) in [6.07, 6.45) is 1.13. The lowest BCUT2D eigenvalue weighted by molar-refractivity contribution is 0.00578. The smallest absolute Gasteiger partial charge is 0.444 e. The van der Waals surface area contributed by atoms with E-state index < -0.39 is 35.8 Å². The SMILES string of the molecule is Cc1ccnc(Oc2ccc(B3OC(C)(C)C(C)(C)O3)c(CCNC(=O)OC(C)(C)C)c2F)n1. The summed E-state index contributed by atoms with van der Waals surface area (Å²) in [5.74, 6) is -0.624. The number of aryl methyl sites for hydroxylation is 1. The van der Waals surface area contributed by atoms with Gasteiger partial charge in [0, 0.05) is 18.4 Å². The molecule has 10 heteroatoms. The average Bonchev–Trinajstić information content (AvgIpc) is 2.90. The summed E-state index contributed by atoms with van der Waals surface area (Å²) < 4.78 is 38.9. The Bertz CT molecular complexity index is 1040. The molecule has 8 nitrogen and oxygen atoms in total. The van der Waals surface area contributed by atoms with Gasteiger partial charge in [0.2, 0.25) is 0 Å². The Balaban J connectivity index is 1.89. The maximum Gasteiger partial charge on any atom is 0.495 e. The number of halogens is 1. The summed E-state index contributed by atoms with van der Waals surface area (Å²) in [7, 11) is -0.778. The molecule has 1 aromatic carbocycles. The van der Waals surface area contributed by atoms with Crippen molar-refractivity contribution in [1.29, 1.82) is 0 Å². The Morgan fingerprint density at radius 3 is 2.38 bits per heavy atom. The molecule has 0 bridgehead atoms. The van der Waals surface area contributed by atoms with Crippen LogP contribution in [-0.2, 0) is 20.5 Å². The first-order valence-corrected chi connectivity index (χ1v) is 11.3. The van der Waals surface area contributed by atoms with E-state index in [2.05, 4.69) is 15.3 Å². The summed E-state index contributed by atoms with van der Waals surface area (Å²) in [4.78, 5) is 20.3. The number of aromatic nitrogens is 2. The molecule has 0 aliphatic carbocycles. The van der Waals surface area contributed by atoms with E-state index in [-0.39, 0.29) is 24.7 Å². The summed E-state index contributed by atoms with van der Waals surface area (Å²) in [6.45, 7) is 15.0. The number of nitrogens with one attached hydrogen (secondary N) is 1. The van der Waals surface area contributed by atoms with Gasteiger partial charge in [0.15, 0.2) is 11.6 Å². The van der Waals surface area contributed by atoms with Gasteiger partial charge in [-0.15, -0.1) is 0 Å². The highest BCUT2D eigenvalue weighted by atomic mass is 19.1. The number of carbonyl (C=O) groups excluding carboxylic acids is 1. The molecule has 0 spiro atoms. The fraction of sp³-hybridized carbons (Fsp3) is 0.542. The van der Waals surface area contributed by atoms with Crippen molar-refractivity contribution >= 4 is 18.7 Å². The zero-order chi connectivity index (χ0) is 25.3. The molecule has 0 atom stereocenters. The number of hydrogen-bond acceptors (Lipinski definition) is 7. The minimum absolute atomic E-state index is 0.0295. The number of hydrogen-bond donors (Lipinski definition) is 1. The largest absolute Gasteiger partial charge is 0.495 e. The van der Waals surface area contributed by atoms with E-state index in [1.165, 1.54) is 6.07 Å². The molecular weight excluding hydrogens is 440 g/mol. The Kier molecular flexibility index (Phi) is 7.24. The highest BCUT2D eigenvalue weighted by Crippen LogP contribution is 2.37. The molecule has 2 heterocycles. The third-order valence-corrected chi connectivity index (χ3v) is 5.77. The van der Waals surface area contributed by atoms with Gasteiger partial charge in [-0.1, -0.05) is 6.07 Å². The van der Waals surface area contributed by atoms with Crippen LogP contribution in [0.3, 0.4) is 0 Å².